The van der Waals surface area contributed by atoms with E-state index in [1.807, 2.05) is 12.4 Å². The number of nitrogens with zero attached hydrogens (tertiary/aromatic N) is 2. The highest BCUT2D eigenvalue weighted by molar-refractivity contribution is 7.99. The first-order valence-corrected chi connectivity index (χ1v) is 6.99. The summed E-state index contributed by atoms with van der Waals surface area (Å²) in [4.78, 5) is 8.68. The fraction of sp³-hybridized carbons (Fsp3) is 0.667. The first-order valence-electron chi connectivity index (χ1n) is 6.01. The monoisotopic (exact) mass is 239 g/mol. The molecule has 0 unspecified atom stereocenters. The van der Waals surface area contributed by atoms with E-state index in [0.717, 1.165) is 29.6 Å². The summed E-state index contributed by atoms with van der Waals surface area (Å²) in [6.07, 6.45) is 7.65. The summed E-state index contributed by atoms with van der Waals surface area (Å²) in [5.41, 5.74) is 1.15. The molecule has 0 aliphatic carbocycles. The van der Waals surface area contributed by atoms with Crippen LogP contribution in [-0.2, 0) is 6.54 Å². The average Bonchev–Trinajstić information content (AvgIpc) is 2.33. The van der Waals surface area contributed by atoms with Crippen molar-refractivity contribution in [1.29, 1.82) is 0 Å². The number of aromatic nitrogens is 2. The highest BCUT2D eigenvalue weighted by Gasteiger charge is 1.98. The highest BCUT2D eigenvalue weighted by Crippen LogP contribution is 2.14. The zero-order valence-corrected chi connectivity index (χ0v) is 11.0. The number of nitrogens with one attached hydrogen (secondary N) is 1. The van der Waals surface area contributed by atoms with Gasteiger partial charge < -0.3 is 5.32 Å². The fourth-order valence-corrected chi connectivity index (χ4v) is 2.08. The lowest BCUT2D eigenvalue weighted by Crippen LogP contribution is -2.12. The van der Waals surface area contributed by atoms with Crippen LogP contribution in [0.4, 0.5) is 0 Å². The first-order chi connectivity index (χ1) is 7.86. The molecular formula is C12H21N3S. The lowest BCUT2D eigenvalue weighted by Gasteiger charge is -2.02. The van der Waals surface area contributed by atoms with Crippen LogP contribution >= 0.6 is 11.8 Å². The van der Waals surface area contributed by atoms with Gasteiger partial charge in [-0.2, -0.15) is 0 Å². The van der Waals surface area contributed by atoms with Gasteiger partial charge in [0.25, 0.3) is 0 Å². The molecule has 90 valence electrons. The van der Waals surface area contributed by atoms with Gasteiger partial charge in [-0.3, -0.25) is 0 Å². The molecule has 1 aromatic heterocycles. The summed E-state index contributed by atoms with van der Waals surface area (Å²) in [6, 6.07) is 0. The van der Waals surface area contributed by atoms with E-state index in [1.165, 1.54) is 19.3 Å². The van der Waals surface area contributed by atoms with Crippen molar-refractivity contribution >= 4 is 11.8 Å². The molecule has 0 fully saturated rings. The van der Waals surface area contributed by atoms with Crippen LogP contribution in [0.1, 0.15) is 38.7 Å². The Labute approximate surface area is 102 Å². The third-order valence-electron chi connectivity index (χ3n) is 2.24. The summed E-state index contributed by atoms with van der Waals surface area (Å²) in [5.74, 6) is 1.13. The van der Waals surface area contributed by atoms with E-state index in [9.17, 15) is 0 Å². The standard InChI is InChI=1S/C12H21N3S/c1-3-5-6-7-16-12-14-9-11(10-15-12)8-13-4-2/h9-10,13H,3-8H2,1-2H3. The van der Waals surface area contributed by atoms with Crippen LogP contribution in [0.15, 0.2) is 17.6 Å². The fourth-order valence-electron chi connectivity index (χ4n) is 1.29. The Morgan fingerprint density at radius 2 is 1.94 bits per heavy atom. The minimum atomic E-state index is 0.858. The van der Waals surface area contributed by atoms with Crippen molar-refractivity contribution in [2.24, 2.45) is 0 Å². The van der Waals surface area contributed by atoms with Crippen molar-refractivity contribution < 1.29 is 0 Å². The molecule has 0 bridgehead atoms. The summed E-state index contributed by atoms with van der Waals surface area (Å²) < 4.78 is 0. The zero-order valence-electron chi connectivity index (χ0n) is 10.2. The largest absolute Gasteiger partial charge is 0.313 e. The Kier molecular flexibility index (Phi) is 7.17. The summed E-state index contributed by atoms with van der Waals surface area (Å²) in [7, 11) is 0. The topological polar surface area (TPSA) is 37.8 Å². The molecule has 0 saturated heterocycles. The smallest absolute Gasteiger partial charge is 0.187 e. The van der Waals surface area contributed by atoms with Crippen molar-refractivity contribution in [1.82, 2.24) is 15.3 Å². The molecule has 16 heavy (non-hydrogen) atoms. The Bertz CT molecular complexity index is 274. The van der Waals surface area contributed by atoms with Gasteiger partial charge in [-0.1, -0.05) is 38.5 Å². The number of unbranched alkanes of at least 4 members (excludes halogenated alkanes) is 2. The summed E-state index contributed by atoms with van der Waals surface area (Å²) >= 11 is 1.75. The molecule has 3 nitrogen and oxygen atoms in total. The normalized spacial score (nSPS) is 10.6. The van der Waals surface area contributed by atoms with Crippen LogP contribution in [0.3, 0.4) is 0 Å². The molecule has 0 spiro atoms. The number of hydrogen-bond donors (Lipinski definition) is 1. The van der Waals surface area contributed by atoms with Crippen molar-refractivity contribution in [3.63, 3.8) is 0 Å². The van der Waals surface area contributed by atoms with E-state index in [-0.39, 0.29) is 0 Å². The van der Waals surface area contributed by atoms with Gasteiger partial charge in [0.2, 0.25) is 0 Å². The molecule has 0 atom stereocenters. The van der Waals surface area contributed by atoms with E-state index in [1.54, 1.807) is 11.8 Å². The van der Waals surface area contributed by atoms with Crippen LogP contribution in [0.25, 0.3) is 0 Å². The third-order valence-corrected chi connectivity index (χ3v) is 3.20. The van der Waals surface area contributed by atoms with Gasteiger partial charge in [-0.15, -0.1) is 0 Å². The van der Waals surface area contributed by atoms with Gasteiger partial charge in [0, 0.05) is 30.3 Å². The molecule has 1 rings (SSSR count). The predicted molar refractivity (Wildman–Crippen MR) is 69.7 cm³/mol. The van der Waals surface area contributed by atoms with E-state index in [2.05, 4.69) is 29.1 Å². The predicted octanol–water partition coefficient (Wildman–Crippen LogP) is 2.87. The second-order valence-electron chi connectivity index (χ2n) is 3.71. The van der Waals surface area contributed by atoms with Crippen molar-refractivity contribution in [2.75, 3.05) is 12.3 Å². The van der Waals surface area contributed by atoms with Gasteiger partial charge in [0.05, 0.1) is 0 Å². The SMILES string of the molecule is CCCCCSc1ncc(CNCC)cn1. The molecule has 0 aliphatic heterocycles. The molecule has 0 saturated carbocycles. The molecule has 1 heterocycles. The zero-order chi connectivity index (χ0) is 11.6. The van der Waals surface area contributed by atoms with E-state index in [0.29, 0.717) is 0 Å². The number of hydrogen-bond acceptors (Lipinski definition) is 4. The molecular weight excluding hydrogens is 218 g/mol. The minimum Gasteiger partial charge on any atom is -0.313 e. The van der Waals surface area contributed by atoms with E-state index >= 15 is 0 Å². The molecule has 0 amide bonds. The first kappa shape index (κ1) is 13.5. The Morgan fingerprint density at radius 1 is 1.19 bits per heavy atom. The lowest BCUT2D eigenvalue weighted by molar-refractivity contribution is 0.716. The van der Waals surface area contributed by atoms with Crippen LogP contribution in [-0.4, -0.2) is 22.3 Å². The molecule has 0 radical (unpaired) electrons. The molecule has 1 aromatic rings. The number of rotatable bonds is 8. The molecule has 0 aromatic carbocycles. The molecule has 4 heteroatoms. The Morgan fingerprint density at radius 3 is 2.56 bits per heavy atom. The van der Waals surface area contributed by atoms with Crippen LogP contribution < -0.4 is 5.32 Å². The van der Waals surface area contributed by atoms with E-state index < -0.39 is 0 Å². The maximum absolute atomic E-state index is 4.34. The molecule has 1 N–H and O–H groups in total. The third kappa shape index (κ3) is 5.47. The minimum absolute atomic E-state index is 0.858. The van der Waals surface area contributed by atoms with Crippen LogP contribution in [0, 0.1) is 0 Å². The van der Waals surface area contributed by atoms with Gasteiger partial charge in [-0.25, -0.2) is 9.97 Å². The van der Waals surface area contributed by atoms with Gasteiger partial charge in [0.1, 0.15) is 0 Å². The Balaban J connectivity index is 2.27. The van der Waals surface area contributed by atoms with Gasteiger partial charge in [0.15, 0.2) is 5.16 Å². The second-order valence-corrected chi connectivity index (χ2v) is 4.77. The van der Waals surface area contributed by atoms with Crippen molar-refractivity contribution in [3.05, 3.63) is 18.0 Å². The quantitative estimate of drug-likeness (QED) is 0.430. The lowest BCUT2D eigenvalue weighted by atomic mass is 10.3. The second kappa shape index (κ2) is 8.53. The van der Waals surface area contributed by atoms with Crippen LogP contribution in [0.5, 0.6) is 0 Å². The highest BCUT2D eigenvalue weighted by atomic mass is 32.2. The maximum atomic E-state index is 4.34. The van der Waals surface area contributed by atoms with Crippen molar-refractivity contribution in [2.45, 2.75) is 44.8 Å². The van der Waals surface area contributed by atoms with Crippen LogP contribution in [0.2, 0.25) is 0 Å². The van der Waals surface area contributed by atoms with Crippen molar-refractivity contribution in [3.8, 4) is 0 Å². The molecule has 0 aliphatic rings. The maximum Gasteiger partial charge on any atom is 0.187 e. The summed E-state index contributed by atoms with van der Waals surface area (Å²) in [5, 5.41) is 4.16. The van der Waals surface area contributed by atoms with Gasteiger partial charge >= 0.3 is 0 Å². The Hall–Kier alpha value is -0.610. The number of thioether (sulfide) groups is 1. The van der Waals surface area contributed by atoms with E-state index in [4.69, 9.17) is 0 Å². The van der Waals surface area contributed by atoms with Gasteiger partial charge in [-0.05, 0) is 13.0 Å². The summed E-state index contributed by atoms with van der Waals surface area (Å²) in [6.45, 7) is 6.15. The average molecular weight is 239 g/mol.